The van der Waals surface area contributed by atoms with Crippen LogP contribution in [0.2, 0.25) is 0 Å². The number of hydrogen-bond acceptors (Lipinski definition) is 7. The smallest absolute Gasteiger partial charge is 0.338 e. The summed E-state index contributed by atoms with van der Waals surface area (Å²) in [5.41, 5.74) is 0.900. The molecule has 0 bridgehead atoms. The molecule has 1 heterocycles. The lowest BCUT2D eigenvalue weighted by Gasteiger charge is -2.31. The molecule has 0 saturated carbocycles. The van der Waals surface area contributed by atoms with Gasteiger partial charge >= 0.3 is 17.9 Å². The lowest BCUT2D eigenvalue weighted by atomic mass is 10.1. The molecule has 2 rings (SSSR count). The third-order valence-electron chi connectivity index (χ3n) is 3.66. The minimum atomic E-state index is -1.27. The Morgan fingerprint density at radius 2 is 1.77 bits per heavy atom. The maximum atomic E-state index is 11.9. The van der Waals surface area contributed by atoms with Crippen LogP contribution in [0.15, 0.2) is 29.3 Å². The van der Waals surface area contributed by atoms with Crippen LogP contribution in [-0.2, 0) is 23.8 Å². The van der Waals surface area contributed by atoms with Gasteiger partial charge in [0.05, 0.1) is 17.9 Å². The summed E-state index contributed by atoms with van der Waals surface area (Å²) in [5, 5.41) is 0. The molecule has 0 N–H and O–H groups in total. The molecule has 1 aromatic rings. The molecule has 0 radical (unpaired) electrons. The van der Waals surface area contributed by atoms with E-state index in [2.05, 4.69) is 11.9 Å². The Balaban J connectivity index is 1.94. The monoisotopic (exact) mass is 361 g/mol. The molecule has 0 aromatic heterocycles. The number of aliphatic imine (C=N–C) groups is 1. The maximum absolute atomic E-state index is 11.9. The first kappa shape index (κ1) is 19.6. The van der Waals surface area contributed by atoms with Gasteiger partial charge in [-0.3, -0.25) is 14.6 Å². The average Bonchev–Trinajstić information content (AvgIpc) is 2.57. The summed E-state index contributed by atoms with van der Waals surface area (Å²) in [6.45, 7) is 5.44. The van der Waals surface area contributed by atoms with Crippen LogP contribution in [0.3, 0.4) is 0 Å². The molecule has 7 heteroatoms. The predicted octanol–water partition coefficient (Wildman–Crippen LogP) is 3.19. The summed E-state index contributed by atoms with van der Waals surface area (Å²) in [7, 11) is 0. The van der Waals surface area contributed by atoms with Crippen LogP contribution in [0, 0.1) is 5.92 Å². The van der Waals surface area contributed by atoms with Gasteiger partial charge in [0.2, 0.25) is 0 Å². The summed E-state index contributed by atoms with van der Waals surface area (Å²) >= 11 is 0. The Labute approximate surface area is 152 Å². The van der Waals surface area contributed by atoms with Gasteiger partial charge in [0.1, 0.15) is 0 Å². The highest BCUT2D eigenvalue weighted by molar-refractivity contribution is 6.10. The van der Waals surface area contributed by atoms with Crippen LogP contribution in [0.5, 0.6) is 0 Å². The minimum Gasteiger partial charge on any atom is -0.462 e. The van der Waals surface area contributed by atoms with Gasteiger partial charge in [-0.2, -0.15) is 0 Å². The van der Waals surface area contributed by atoms with Gasteiger partial charge in [-0.25, -0.2) is 4.79 Å². The molecule has 140 valence electrons. The Morgan fingerprint density at radius 1 is 1.15 bits per heavy atom. The number of unbranched alkanes of at least 4 members (excludes halogenated alkanes) is 2. The molecule has 1 aliphatic heterocycles. The van der Waals surface area contributed by atoms with Crippen molar-refractivity contribution in [3.8, 4) is 0 Å². The number of nitrogens with zero attached hydrogens (tertiary/aromatic N) is 1. The lowest BCUT2D eigenvalue weighted by molar-refractivity contribution is -0.235. The zero-order valence-corrected chi connectivity index (χ0v) is 15.2. The van der Waals surface area contributed by atoms with Gasteiger partial charge in [-0.15, -0.1) is 0 Å². The fraction of sp³-hybridized carbons (Fsp3) is 0.474. The van der Waals surface area contributed by atoms with Crippen molar-refractivity contribution in [2.24, 2.45) is 10.9 Å². The number of carbonyl (C=O) groups excluding carboxylic acids is 3. The van der Waals surface area contributed by atoms with Crippen LogP contribution in [-0.4, -0.2) is 36.5 Å². The highest BCUT2D eigenvalue weighted by Gasteiger charge is 2.42. The second-order valence-electron chi connectivity index (χ2n) is 6.39. The molecule has 1 fully saturated rings. The average molecular weight is 361 g/mol. The van der Waals surface area contributed by atoms with Gasteiger partial charge in [0, 0.05) is 20.1 Å². The lowest BCUT2D eigenvalue weighted by Crippen LogP contribution is -2.46. The van der Waals surface area contributed by atoms with E-state index >= 15 is 0 Å². The zero-order chi connectivity index (χ0) is 19.2. The Morgan fingerprint density at radius 3 is 2.35 bits per heavy atom. The minimum absolute atomic E-state index is 0.390. The van der Waals surface area contributed by atoms with E-state index in [4.69, 9.17) is 14.2 Å². The molecule has 1 aromatic carbocycles. The van der Waals surface area contributed by atoms with Crippen molar-refractivity contribution in [2.45, 2.75) is 45.8 Å². The molecule has 26 heavy (non-hydrogen) atoms. The van der Waals surface area contributed by atoms with Crippen molar-refractivity contribution in [1.82, 2.24) is 0 Å². The molecule has 0 atom stereocenters. The van der Waals surface area contributed by atoms with E-state index in [1.807, 2.05) is 0 Å². The zero-order valence-electron chi connectivity index (χ0n) is 15.2. The van der Waals surface area contributed by atoms with Crippen LogP contribution in [0.1, 0.15) is 50.4 Å². The molecular formula is C19H23NO6. The first-order valence-electron chi connectivity index (χ1n) is 8.59. The Kier molecular flexibility index (Phi) is 6.49. The summed E-state index contributed by atoms with van der Waals surface area (Å²) < 4.78 is 15.2. The van der Waals surface area contributed by atoms with Crippen molar-refractivity contribution in [3.63, 3.8) is 0 Å². The summed E-state index contributed by atoms with van der Waals surface area (Å²) in [4.78, 5) is 39.7. The van der Waals surface area contributed by atoms with Crippen molar-refractivity contribution in [3.05, 3.63) is 29.8 Å². The highest BCUT2D eigenvalue weighted by Crippen LogP contribution is 2.23. The summed E-state index contributed by atoms with van der Waals surface area (Å²) in [6, 6.07) is 6.36. The third-order valence-corrected chi connectivity index (χ3v) is 3.66. The van der Waals surface area contributed by atoms with Crippen molar-refractivity contribution in [2.75, 3.05) is 6.61 Å². The standard InChI is InChI=1S/C19H23NO6/c1-4-5-6-11-24-16(21)13-7-9-14(10-8-13)20-12-15-17(22)25-19(2,3)26-18(15)23/h7-10,12,15H,4-6,11H2,1-3H3. The van der Waals surface area contributed by atoms with Gasteiger partial charge < -0.3 is 14.2 Å². The fourth-order valence-corrected chi connectivity index (χ4v) is 2.29. The molecule has 0 amide bonds. The molecule has 1 aliphatic rings. The van der Waals surface area contributed by atoms with Crippen LogP contribution < -0.4 is 0 Å². The van der Waals surface area contributed by atoms with E-state index in [-0.39, 0.29) is 0 Å². The second-order valence-corrected chi connectivity index (χ2v) is 6.39. The van der Waals surface area contributed by atoms with E-state index in [0.717, 1.165) is 19.3 Å². The van der Waals surface area contributed by atoms with E-state index < -0.39 is 29.6 Å². The van der Waals surface area contributed by atoms with Crippen molar-refractivity contribution < 1.29 is 28.6 Å². The van der Waals surface area contributed by atoms with E-state index in [0.29, 0.717) is 17.9 Å². The second kappa shape index (κ2) is 8.60. The SMILES string of the molecule is CCCCCOC(=O)c1ccc(N=CC2C(=O)OC(C)(C)OC2=O)cc1. The first-order valence-corrected chi connectivity index (χ1v) is 8.59. The van der Waals surface area contributed by atoms with Crippen LogP contribution >= 0.6 is 0 Å². The number of benzene rings is 1. The molecule has 0 unspecified atom stereocenters. The van der Waals surface area contributed by atoms with E-state index in [1.165, 1.54) is 20.1 Å². The Hall–Kier alpha value is -2.70. The predicted molar refractivity (Wildman–Crippen MR) is 94.2 cm³/mol. The number of rotatable bonds is 7. The molecule has 7 nitrogen and oxygen atoms in total. The molecule has 0 aliphatic carbocycles. The number of esters is 3. The van der Waals surface area contributed by atoms with Crippen molar-refractivity contribution in [1.29, 1.82) is 0 Å². The number of ether oxygens (including phenoxy) is 3. The van der Waals surface area contributed by atoms with Gasteiger partial charge in [0.25, 0.3) is 5.79 Å². The number of cyclic esters (lactones) is 2. The maximum Gasteiger partial charge on any atom is 0.338 e. The number of carbonyl (C=O) groups is 3. The highest BCUT2D eigenvalue weighted by atomic mass is 16.7. The fourth-order valence-electron chi connectivity index (χ4n) is 2.29. The number of hydrogen-bond donors (Lipinski definition) is 0. The van der Waals surface area contributed by atoms with E-state index in [1.54, 1.807) is 24.3 Å². The van der Waals surface area contributed by atoms with E-state index in [9.17, 15) is 14.4 Å². The molecule has 0 spiro atoms. The van der Waals surface area contributed by atoms with Crippen molar-refractivity contribution >= 4 is 29.8 Å². The third kappa shape index (κ3) is 5.40. The summed E-state index contributed by atoms with van der Waals surface area (Å²) in [6.07, 6.45) is 4.10. The van der Waals surface area contributed by atoms with Crippen LogP contribution in [0.25, 0.3) is 0 Å². The normalized spacial score (nSPS) is 17.0. The first-order chi connectivity index (χ1) is 12.3. The summed E-state index contributed by atoms with van der Waals surface area (Å²) in [5.74, 6) is -4.27. The Bertz CT molecular complexity index is 672. The van der Waals surface area contributed by atoms with Gasteiger partial charge in [-0.05, 0) is 30.7 Å². The van der Waals surface area contributed by atoms with Gasteiger partial charge in [0.15, 0.2) is 5.92 Å². The van der Waals surface area contributed by atoms with Gasteiger partial charge in [-0.1, -0.05) is 19.8 Å². The topological polar surface area (TPSA) is 91.3 Å². The largest absolute Gasteiger partial charge is 0.462 e. The molecule has 1 saturated heterocycles. The molecular weight excluding hydrogens is 338 g/mol. The van der Waals surface area contributed by atoms with Crippen LogP contribution in [0.4, 0.5) is 5.69 Å². The quantitative estimate of drug-likeness (QED) is 0.321.